The monoisotopic (exact) mass is 273 g/mol. The molecule has 3 rings (SSSR count). The summed E-state index contributed by atoms with van der Waals surface area (Å²) in [5.74, 6) is 1.08. The molecule has 1 fully saturated rings. The normalized spacial score (nSPS) is 20.6. The Kier molecular flexibility index (Phi) is 4.03. The molecule has 4 heteroatoms. The molecule has 0 saturated carbocycles. The number of hydrogen-bond acceptors (Lipinski definition) is 3. The van der Waals surface area contributed by atoms with Crippen molar-refractivity contribution in [2.75, 3.05) is 13.2 Å². The molecule has 4 nitrogen and oxygen atoms in total. The van der Waals surface area contributed by atoms with Crippen LogP contribution in [0.25, 0.3) is 11.0 Å². The van der Waals surface area contributed by atoms with E-state index in [2.05, 4.69) is 46.9 Å². The highest BCUT2D eigenvalue weighted by Crippen LogP contribution is 2.16. The summed E-state index contributed by atoms with van der Waals surface area (Å²) in [6, 6.07) is 8.74. The van der Waals surface area contributed by atoms with Crippen LogP contribution in [0.4, 0.5) is 0 Å². The number of rotatable bonds is 5. The molecule has 0 bridgehead atoms. The first-order valence-electron chi connectivity index (χ1n) is 7.52. The van der Waals surface area contributed by atoms with E-state index < -0.39 is 0 Å². The minimum atomic E-state index is 0.385. The number of para-hydroxylation sites is 2. The smallest absolute Gasteiger partial charge is 0.106 e. The maximum absolute atomic E-state index is 5.71. The molecule has 2 atom stereocenters. The fraction of sp³-hybridized carbons (Fsp3) is 0.562. The molecule has 1 aliphatic rings. The molecule has 1 aliphatic heterocycles. The Morgan fingerprint density at radius 3 is 3.10 bits per heavy atom. The van der Waals surface area contributed by atoms with Crippen LogP contribution in [-0.4, -0.2) is 34.8 Å². The van der Waals surface area contributed by atoms with Gasteiger partial charge in [-0.3, -0.25) is 0 Å². The van der Waals surface area contributed by atoms with Gasteiger partial charge in [-0.05, 0) is 38.8 Å². The molecule has 1 N–H and O–H groups in total. The lowest BCUT2D eigenvalue weighted by molar-refractivity contribution is 0.0835. The third-order valence-electron chi connectivity index (χ3n) is 4.17. The number of imidazole rings is 1. The molecule has 20 heavy (non-hydrogen) atoms. The molecule has 2 unspecified atom stereocenters. The average Bonchev–Trinajstić information content (AvgIpc) is 3.07. The lowest BCUT2D eigenvalue weighted by Gasteiger charge is -2.20. The lowest BCUT2D eigenvalue weighted by Crippen LogP contribution is -2.38. The number of hydrogen-bond donors (Lipinski definition) is 1. The Hall–Kier alpha value is -1.39. The van der Waals surface area contributed by atoms with E-state index in [1.54, 1.807) is 0 Å². The largest absolute Gasteiger partial charge is 0.377 e. The lowest BCUT2D eigenvalue weighted by atomic mass is 10.1. The topological polar surface area (TPSA) is 39.1 Å². The average molecular weight is 273 g/mol. The maximum Gasteiger partial charge on any atom is 0.106 e. The van der Waals surface area contributed by atoms with E-state index in [0.717, 1.165) is 31.0 Å². The van der Waals surface area contributed by atoms with Gasteiger partial charge in [0.2, 0.25) is 0 Å². The van der Waals surface area contributed by atoms with Crippen LogP contribution in [-0.2, 0) is 11.3 Å². The summed E-state index contributed by atoms with van der Waals surface area (Å²) in [4.78, 5) is 4.60. The Bertz CT molecular complexity index is 572. The first kappa shape index (κ1) is 13.6. The maximum atomic E-state index is 5.71. The third kappa shape index (κ3) is 2.72. The molecule has 1 saturated heterocycles. The number of aryl methyl sites for hydroxylation is 1. The van der Waals surface area contributed by atoms with Crippen LogP contribution >= 0.6 is 0 Å². The summed E-state index contributed by atoms with van der Waals surface area (Å²) in [5.41, 5.74) is 2.30. The van der Waals surface area contributed by atoms with Crippen LogP contribution in [0.2, 0.25) is 0 Å². The highest BCUT2D eigenvalue weighted by molar-refractivity contribution is 5.75. The summed E-state index contributed by atoms with van der Waals surface area (Å²) in [5, 5.41) is 3.58. The zero-order chi connectivity index (χ0) is 13.9. The van der Waals surface area contributed by atoms with E-state index >= 15 is 0 Å². The number of fused-ring (bicyclic) bond motifs is 1. The van der Waals surface area contributed by atoms with Gasteiger partial charge in [-0.15, -0.1) is 0 Å². The van der Waals surface area contributed by atoms with Crippen molar-refractivity contribution in [3.8, 4) is 0 Å². The second-order valence-corrected chi connectivity index (χ2v) is 5.59. The van der Waals surface area contributed by atoms with Gasteiger partial charge in [0.15, 0.2) is 0 Å². The summed E-state index contributed by atoms with van der Waals surface area (Å²) in [6.45, 7) is 7.10. The van der Waals surface area contributed by atoms with E-state index in [4.69, 9.17) is 4.74 Å². The van der Waals surface area contributed by atoms with Crippen LogP contribution in [0.1, 0.15) is 25.6 Å². The molecule has 0 spiro atoms. The number of nitrogens with zero attached hydrogens (tertiary/aromatic N) is 2. The Balaban J connectivity index is 1.61. The molecule has 0 radical (unpaired) electrons. The Labute approximate surface area is 120 Å². The Morgan fingerprint density at radius 2 is 2.30 bits per heavy atom. The fourth-order valence-electron chi connectivity index (χ4n) is 3.01. The number of benzene rings is 1. The second-order valence-electron chi connectivity index (χ2n) is 5.59. The van der Waals surface area contributed by atoms with Crippen molar-refractivity contribution in [1.29, 1.82) is 0 Å². The van der Waals surface area contributed by atoms with Gasteiger partial charge in [0.1, 0.15) is 5.82 Å². The predicted molar refractivity (Wildman–Crippen MR) is 80.9 cm³/mol. The van der Waals surface area contributed by atoms with Gasteiger partial charge >= 0.3 is 0 Å². The molecular formula is C16H23N3O. The molecule has 1 aromatic carbocycles. The highest BCUT2D eigenvalue weighted by Gasteiger charge is 2.21. The van der Waals surface area contributed by atoms with Crippen molar-refractivity contribution in [2.24, 2.45) is 0 Å². The number of aromatic nitrogens is 2. The van der Waals surface area contributed by atoms with Crippen molar-refractivity contribution < 1.29 is 4.74 Å². The Morgan fingerprint density at radius 1 is 1.45 bits per heavy atom. The van der Waals surface area contributed by atoms with E-state index in [1.807, 2.05) is 6.07 Å². The summed E-state index contributed by atoms with van der Waals surface area (Å²) in [7, 11) is 0. The predicted octanol–water partition coefficient (Wildman–Crippen LogP) is 2.50. The summed E-state index contributed by atoms with van der Waals surface area (Å²) >= 11 is 0. The van der Waals surface area contributed by atoms with E-state index in [0.29, 0.717) is 12.1 Å². The highest BCUT2D eigenvalue weighted by atomic mass is 16.5. The quantitative estimate of drug-likeness (QED) is 0.909. The van der Waals surface area contributed by atoms with Gasteiger partial charge < -0.3 is 14.6 Å². The van der Waals surface area contributed by atoms with Gasteiger partial charge in [0, 0.05) is 25.7 Å². The first-order valence-corrected chi connectivity index (χ1v) is 7.52. The fourth-order valence-corrected chi connectivity index (χ4v) is 3.01. The minimum absolute atomic E-state index is 0.385. The molecule has 2 heterocycles. The molecule has 1 aromatic heterocycles. The first-order chi connectivity index (χ1) is 9.75. The van der Waals surface area contributed by atoms with Gasteiger partial charge in [-0.1, -0.05) is 12.1 Å². The summed E-state index contributed by atoms with van der Waals surface area (Å²) in [6.07, 6.45) is 2.76. The van der Waals surface area contributed by atoms with Gasteiger partial charge in [-0.25, -0.2) is 4.98 Å². The minimum Gasteiger partial charge on any atom is -0.377 e. The van der Waals surface area contributed by atoms with Crippen molar-refractivity contribution >= 4 is 11.0 Å². The third-order valence-corrected chi connectivity index (χ3v) is 4.17. The SMILES string of the molecule is Cc1nc2ccccc2n1CCNC(C)C1CCCO1. The zero-order valence-corrected chi connectivity index (χ0v) is 12.3. The van der Waals surface area contributed by atoms with Crippen molar-refractivity contribution in [1.82, 2.24) is 14.9 Å². The van der Waals surface area contributed by atoms with Crippen molar-refractivity contribution in [3.05, 3.63) is 30.1 Å². The number of nitrogens with one attached hydrogen (secondary N) is 1. The standard InChI is InChI=1S/C16H23N3O/c1-12(16-8-5-11-20-16)17-9-10-19-13(2)18-14-6-3-4-7-15(14)19/h3-4,6-7,12,16-17H,5,8-11H2,1-2H3. The van der Waals surface area contributed by atoms with Crippen LogP contribution in [0.15, 0.2) is 24.3 Å². The van der Waals surface area contributed by atoms with Crippen LogP contribution in [0.5, 0.6) is 0 Å². The van der Waals surface area contributed by atoms with Crippen LogP contribution in [0, 0.1) is 6.92 Å². The molecule has 0 amide bonds. The van der Waals surface area contributed by atoms with Crippen molar-refractivity contribution in [3.63, 3.8) is 0 Å². The van der Waals surface area contributed by atoms with E-state index in [9.17, 15) is 0 Å². The van der Waals surface area contributed by atoms with Gasteiger partial charge in [0.05, 0.1) is 17.1 Å². The van der Waals surface area contributed by atoms with E-state index in [1.165, 1.54) is 18.4 Å². The van der Waals surface area contributed by atoms with Gasteiger partial charge in [-0.2, -0.15) is 0 Å². The van der Waals surface area contributed by atoms with Crippen LogP contribution in [0.3, 0.4) is 0 Å². The summed E-state index contributed by atoms with van der Waals surface area (Å²) < 4.78 is 8.00. The molecular weight excluding hydrogens is 250 g/mol. The molecule has 2 aromatic rings. The number of ether oxygens (including phenoxy) is 1. The molecule has 0 aliphatic carbocycles. The van der Waals surface area contributed by atoms with Crippen molar-refractivity contribution in [2.45, 2.75) is 45.4 Å². The van der Waals surface area contributed by atoms with Crippen LogP contribution < -0.4 is 5.32 Å². The molecule has 108 valence electrons. The van der Waals surface area contributed by atoms with Gasteiger partial charge in [0.25, 0.3) is 0 Å². The second kappa shape index (κ2) is 5.94. The van der Waals surface area contributed by atoms with E-state index in [-0.39, 0.29) is 0 Å². The zero-order valence-electron chi connectivity index (χ0n) is 12.3.